The Morgan fingerprint density at radius 1 is 1.25 bits per heavy atom. The third-order valence-electron chi connectivity index (χ3n) is 5.23. The highest BCUT2D eigenvalue weighted by molar-refractivity contribution is 5.89. The summed E-state index contributed by atoms with van der Waals surface area (Å²) in [4.78, 5) is 11.0. The lowest BCUT2D eigenvalue weighted by molar-refractivity contribution is 0.190. The van der Waals surface area contributed by atoms with E-state index in [-0.39, 0.29) is 6.04 Å². The molecular formula is C19H20N8O. The van der Waals surface area contributed by atoms with Gasteiger partial charge in [-0.05, 0) is 26.1 Å². The van der Waals surface area contributed by atoms with Gasteiger partial charge in [0.1, 0.15) is 0 Å². The van der Waals surface area contributed by atoms with Crippen molar-refractivity contribution >= 4 is 10.8 Å². The normalized spacial score (nSPS) is 18.0. The molecule has 9 nitrogen and oxygen atoms in total. The van der Waals surface area contributed by atoms with Gasteiger partial charge in [0, 0.05) is 42.8 Å². The van der Waals surface area contributed by atoms with Gasteiger partial charge in [-0.2, -0.15) is 4.98 Å². The van der Waals surface area contributed by atoms with E-state index in [9.17, 15) is 0 Å². The molecule has 3 aromatic heterocycles. The summed E-state index contributed by atoms with van der Waals surface area (Å²) in [6.07, 6.45) is 3.61. The van der Waals surface area contributed by atoms with Crippen LogP contribution < -0.4 is 5.32 Å². The van der Waals surface area contributed by atoms with Crippen molar-refractivity contribution in [3.63, 3.8) is 0 Å². The minimum absolute atomic E-state index is 0.0900. The fraction of sp³-hybridized carbons (Fsp3) is 0.316. The lowest BCUT2D eigenvalue weighted by atomic mass is 10.1. The highest BCUT2D eigenvalue weighted by Crippen LogP contribution is 2.27. The highest BCUT2D eigenvalue weighted by Gasteiger charge is 2.27. The summed E-state index contributed by atoms with van der Waals surface area (Å²) in [5.74, 6) is 1.05. The molecule has 4 heterocycles. The lowest BCUT2D eigenvalue weighted by Gasteiger charge is -2.30. The van der Waals surface area contributed by atoms with Crippen LogP contribution in [-0.4, -0.2) is 61.7 Å². The summed E-state index contributed by atoms with van der Waals surface area (Å²) in [5, 5.41) is 18.3. The third kappa shape index (κ3) is 2.76. The predicted molar refractivity (Wildman–Crippen MR) is 103 cm³/mol. The first-order chi connectivity index (χ1) is 13.7. The van der Waals surface area contributed by atoms with Crippen molar-refractivity contribution in [1.82, 2.24) is 40.3 Å². The number of hydrogen-bond donors (Lipinski definition) is 1. The summed E-state index contributed by atoms with van der Waals surface area (Å²) in [5.41, 5.74) is 2.37. The van der Waals surface area contributed by atoms with E-state index in [2.05, 4.69) is 42.7 Å². The Kier molecular flexibility index (Phi) is 4.10. The van der Waals surface area contributed by atoms with Crippen LogP contribution in [0.5, 0.6) is 0 Å². The number of fused-ring (bicyclic) bond motifs is 1. The molecule has 1 N–H and O–H groups in total. The Bertz CT molecular complexity index is 1130. The van der Waals surface area contributed by atoms with Crippen molar-refractivity contribution in [2.75, 3.05) is 26.7 Å². The largest absolute Gasteiger partial charge is 0.332 e. The molecule has 1 aliphatic heterocycles. The van der Waals surface area contributed by atoms with E-state index in [0.29, 0.717) is 17.4 Å². The minimum Gasteiger partial charge on any atom is -0.332 e. The van der Waals surface area contributed by atoms with Crippen molar-refractivity contribution in [2.24, 2.45) is 0 Å². The van der Waals surface area contributed by atoms with Gasteiger partial charge in [0.05, 0.1) is 17.4 Å². The SMILES string of the molecule is Cc1c(-c2nc(C3CNCCN3C)no2)nnn1-c1cccc2cnccc12. The smallest absolute Gasteiger partial charge is 0.280 e. The third-order valence-corrected chi connectivity index (χ3v) is 5.23. The Labute approximate surface area is 161 Å². The number of rotatable bonds is 3. The van der Waals surface area contributed by atoms with Crippen LogP contribution in [0.3, 0.4) is 0 Å². The van der Waals surface area contributed by atoms with Crippen LogP contribution in [0.2, 0.25) is 0 Å². The number of hydrogen-bond acceptors (Lipinski definition) is 8. The van der Waals surface area contributed by atoms with Gasteiger partial charge in [0.15, 0.2) is 11.5 Å². The monoisotopic (exact) mass is 376 g/mol. The van der Waals surface area contributed by atoms with Gasteiger partial charge >= 0.3 is 0 Å². The van der Waals surface area contributed by atoms with Crippen LogP contribution in [0.1, 0.15) is 17.6 Å². The summed E-state index contributed by atoms with van der Waals surface area (Å²) in [6, 6.07) is 8.08. The van der Waals surface area contributed by atoms with Gasteiger partial charge in [0.25, 0.3) is 5.89 Å². The van der Waals surface area contributed by atoms with Gasteiger partial charge in [0.2, 0.25) is 0 Å². The van der Waals surface area contributed by atoms with Crippen molar-refractivity contribution in [1.29, 1.82) is 0 Å². The first-order valence-electron chi connectivity index (χ1n) is 9.23. The van der Waals surface area contributed by atoms with Crippen molar-refractivity contribution in [3.05, 3.63) is 48.2 Å². The zero-order valence-corrected chi connectivity index (χ0v) is 15.7. The van der Waals surface area contributed by atoms with E-state index in [1.807, 2.05) is 37.4 Å². The molecule has 1 atom stereocenters. The van der Waals surface area contributed by atoms with E-state index in [0.717, 1.165) is 41.8 Å². The molecule has 4 aromatic rings. The Morgan fingerprint density at radius 2 is 2.18 bits per heavy atom. The first kappa shape index (κ1) is 17.0. The maximum absolute atomic E-state index is 5.53. The number of piperazine rings is 1. The van der Waals surface area contributed by atoms with Crippen molar-refractivity contribution in [3.8, 4) is 17.3 Å². The number of nitrogens with one attached hydrogen (secondary N) is 1. The molecule has 1 aliphatic rings. The molecule has 0 saturated carbocycles. The molecule has 5 rings (SSSR count). The van der Waals surface area contributed by atoms with Crippen LogP contribution in [-0.2, 0) is 0 Å². The van der Waals surface area contributed by atoms with E-state index in [1.54, 1.807) is 10.9 Å². The summed E-state index contributed by atoms with van der Waals surface area (Å²) >= 11 is 0. The fourth-order valence-electron chi connectivity index (χ4n) is 3.61. The Hall–Kier alpha value is -3.17. The summed E-state index contributed by atoms with van der Waals surface area (Å²) in [7, 11) is 2.07. The average Bonchev–Trinajstić information content (AvgIpc) is 3.35. The molecule has 0 spiro atoms. The first-order valence-corrected chi connectivity index (χ1v) is 9.23. The number of nitrogens with zero attached hydrogens (tertiary/aromatic N) is 7. The lowest BCUT2D eigenvalue weighted by Crippen LogP contribution is -2.44. The second-order valence-corrected chi connectivity index (χ2v) is 6.97. The standard InChI is InChI=1S/C19H20N8O/c1-12-17(19-22-18(24-28-19)16-11-21-8-9-26(16)2)23-25-27(12)15-5-3-4-13-10-20-7-6-14(13)15/h3-7,10,16,21H,8-9,11H2,1-2H3. The number of aromatic nitrogens is 6. The molecule has 1 aromatic carbocycles. The maximum Gasteiger partial charge on any atom is 0.280 e. The van der Waals surface area contributed by atoms with Gasteiger partial charge in [-0.15, -0.1) is 5.10 Å². The van der Waals surface area contributed by atoms with Crippen LogP contribution in [0.4, 0.5) is 0 Å². The maximum atomic E-state index is 5.53. The zero-order valence-electron chi connectivity index (χ0n) is 15.7. The zero-order chi connectivity index (χ0) is 19.1. The molecule has 1 fully saturated rings. The molecule has 28 heavy (non-hydrogen) atoms. The molecule has 0 aliphatic carbocycles. The number of benzene rings is 1. The minimum atomic E-state index is 0.0900. The Balaban J connectivity index is 1.53. The molecule has 0 bridgehead atoms. The van der Waals surface area contributed by atoms with Gasteiger partial charge in [-0.1, -0.05) is 22.5 Å². The van der Waals surface area contributed by atoms with Crippen LogP contribution in [0.25, 0.3) is 28.0 Å². The Morgan fingerprint density at radius 3 is 3.07 bits per heavy atom. The van der Waals surface area contributed by atoms with Crippen molar-refractivity contribution < 1.29 is 4.52 Å². The molecule has 1 saturated heterocycles. The molecule has 9 heteroatoms. The van der Waals surface area contributed by atoms with E-state index < -0.39 is 0 Å². The second-order valence-electron chi connectivity index (χ2n) is 6.97. The van der Waals surface area contributed by atoms with Gasteiger partial charge < -0.3 is 9.84 Å². The highest BCUT2D eigenvalue weighted by atomic mass is 16.5. The van der Waals surface area contributed by atoms with E-state index >= 15 is 0 Å². The quantitative estimate of drug-likeness (QED) is 0.577. The summed E-state index contributed by atoms with van der Waals surface area (Å²) < 4.78 is 7.33. The second kappa shape index (κ2) is 6.77. The molecule has 0 radical (unpaired) electrons. The van der Waals surface area contributed by atoms with E-state index in [4.69, 9.17) is 4.52 Å². The number of likely N-dealkylation sites (N-methyl/N-ethyl adjacent to an activating group) is 1. The summed E-state index contributed by atoms with van der Waals surface area (Å²) in [6.45, 7) is 4.66. The molecule has 0 amide bonds. The number of pyridine rings is 1. The van der Waals surface area contributed by atoms with Crippen LogP contribution in [0, 0.1) is 6.92 Å². The average molecular weight is 376 g/mol. The molecule has 142 valence electrons. The fourth-order valence-corrected chi connectivity index (χ4v) is 3.61. The van der Waals surface area contributed by atoms with Crippen LogP contribution >= 0.6 is 0 Å². The topological polar surface area (TPSA) is 97.8 Å². The molecule has 1 unspecified atom stereocenters. The van der Waals surface area contributed by atoms with Crippen molar-refractivity contribution in [2.45, 2.75) is 13.0 Å². The predicted octanol–water partition coefficient (Wildman–Crippen LogP) is 1.75. The molecular weight excluding hydrogens is 356 g/mol. The van der Waals surface area contributed by atoms with Gasteiger partial charge in [-0.25, -0.2) is 4.68 Å². The van der Waals surface area contributed by atoms with E-state index in [1.165, 1.54) is 0 Å². The van der Waals surface area contributed by atoms with Gasteiger partial charge in [-0.3, -0.25) is 9.88 Å². The van der Waals surface area contributed by atoms with Crippen LogP contribution in [0.15, 0.2) is 41.2 Å².